The van der Waals surface area contributed by atoms with Gasteiger partial charge in [-0.05, 0) is 30.7 Å². The van der Waals surface area contributed by atoms with E-state index in [0.29, 0.717) is 11.8 Å². The standard InChI is InChI=1S/C15H14N2/c1-3-10-16-14(8-1)12-6-5-7-13(12)15-9-2-4-11-17-15/h1-6,8-13H,7H2. The summed E-state index contributed by atoms with van der Waals surface area (Å²) in [6.45, 7) is 0. The van der Waals surface area contributed by atoms with Gasteiger partial charge in [-0.3, -0.25) is 9.97 Å². The lowest BCUT2D eigenvalue weighted by Gasteiger charge is -2.18. The van der Waals surface area contributed by atoms with Crippen molar-refractivity contribution in [2.24, 2.45) is 0 Å². The fourth-order valence-electron chi connectivity index (χ4n) is 2.43. The molecule has 0 bridgehead atoms. The summed E-state index contributed by atoms with van der Waals surface area (Å²) >= 11 is 0. The Labute approximate surface area is 101 Å². The minimum Gasteiger partial charge on any atom is -0.261 e. The SMILES string of the molecule is C1=CC(c2ccccn2)C(c2ccccn2)C1. The third-order valence-corrected chi connectivity index (χ3v) is 3.26. The van der Waals surface area contributed by atoms with Crippen LogP contribution in [0, 0.1) is 0 Å². The lowest BCUT2D eigenvalue weighted by atomic mass is 9.89. The number of nitrogens with zero attached hydrogens (tertiary/aromatic N) is 2. The van der Waals surface area contributed by atoms with Gasteiger partial charge in [0.25, 0.3) is 0 Å². The highest BCUT2D eigenvalue weighted by Crippen LogP contribution is 2.39. The smallest absolute Gasteiger partial charge is 0.0479 e. The molecular weight excluding hydrogens is 208 g/mol. The molecule has 0 fully saturated rings. The van der Waals surface area contributed by atoms with Gasteiger partial charge in [0.15, 0.2) is 0 Å². The summed E-state index contributed by atoms with van der Waals surface area (Å²) in [6, 6.07) is 12.2. The molecule has 17 heavy (non-hydrogen) atoms. The first-order chi connectivity index (χ1) is 8.45. The second kappa shape index (κ2) is 4.50. The maximum absolute atomic E-state index is 4.47. The average molecular weight is 222 g/mol. The molecule has 84 valence electrons. The summed E-state index contributed by atoms with van der Waals surface area (Å²) in [7, 11) is 0. The van der Waals surface area contributed by atoms with Gasteiger partial charge in [0, 0.05) is 35.6 Å². The van der Waals surface area contributed by atoms with Gasteiger partial charge in [-0.1, -0.05) is 24.3 Å². The summed E-state index contributed by atoms with van der Waals surface area (Å²) in [6.07, 6.45) is 9.26. The van der Waals surface area contributed by atoms with Crippen LogP contribution in [0.15, 0.2) is 60.9 Å². The molecule has 0 saturated heterocycles. The van der Waals surface area contributed by atoms with Crippen molar-refractivity contribution in [1.82, 2.24) is 9.97 Å². The molecule has 2 unspecified atom stereocenters. The molecule has 2 heteroatoms. The Morgan fingerprint density at radius 3 is 2.24 bits per heavy atom. The van der Waals surface area contributed by atoms with Crippen molar-refractivity contribution in [2.75, 3.05) is 0 Å². The zero-order valence-corrected chi connectivity index (χ0v) is 9.53. The first-order valence-electron chi connectivity index (χ1n) is 5.93. The maximum atomic E-state index is 4.47. The predicted molar refractivity (Wildman–Crippen MR) is 67.7 cm³/mol. The summed E-state index contributed by atoms with van der Waals surface area (Å²) in [5.74, 6) is 0.803. The largest absolute Gasteiger partial charge is 0.261 e. The van der Waals surface area contributed by atoms with Gasteiger partial charge in [-0.25, -0.2) is 0 Å². The zero-order chi connectivity index (χ0) is 11.5. The van der Waals surface area contributed by atoms with Crippen molar-refractivity contribution < 1.29 is 0 Å². The van der Waals surface area contributed by atoms with Crippen LogP contribution in [-0.4, -0.2) is 9.97 Å². The summed E-state index contributed by atoms with van der Waals surface area (Å²) < 4.78 is 0. The molecule has 0 spiro atoms. The molecule has 1 aliphatic carbocycles. The fourth-order valence-corrected chi connectivity index (χ4v) is 2.43. The van der Waals surface area contributed by atoms with Crippen molar-refractivity contribution in [3.8, 4) is 0 Å². The van der Waals surface area contributed by atoms with Gasteiger partial charge in [0.1, 0.15) is 0 Å². The van der Waals surface area contributed by atoms with Crippen LogP contribution in [0.5, 0.6) is 0 Å². The number of aromatic nitrogens is 2. The number of pyridine rings is 2. The van der Waals surface area contributed by atoms with E-state index < -0.39 is 0 Å². The van der Waals surface area contributed by atoms with Gasteiger partial charge < -0.3 is 0 Å². The third kappa shape index (κ3) is 1.98. The Kier molecular flexibility index (Phi) is 2.70. The molecule has 0 radical (unpaired) electrons. The van der Waals surface area contributed by atoms with Crippen LogP contribution in [0.1, 0.15) is 29.6 Å². The number of allylic oxidation sites excluding steroid dienone is 2. The fraction of sp³-hybridized carbons (Fsp3) is 0.200. The van der Waals surface area contributed by atoms with Gasteiger partial charge >= 0.3 is 0 Å². The van der Waals surface area contributed by atoms with Crippen molar-refractivity contribution >= 4 is 0 Å². The van der Waals surface area contributed by atoms with Crippen molar-refractivity contribution in [3.63, 3.8) is 0 Å². The quantitative estimate of drug-likeness (QED) is 0.728. The lowest BCUT2D eigenvalue weighted by molar-refractivity contribution is 0.632. The Bertz CT molecular complexity index is 505. The van der Waals surface area contributed by atoms with Crippen molar-refractivity contribution in [2.45, 2.75) is 18.3 Å². The summed E-state index contributed by atoms with van der Waals surface area (Å²) in [4.78, 5) is 8.93. The van der Waals surface area contributed by atoms with E-state index >= 15 is 0 Å². The van der Waals surface area contributed by atoms with Crippen molar-refractivity contribution in [1.29, 1.82) is 0 Å². The molecule has 0 saturated carbocycles. The van der Waals surface area contributed by atoms with Gasteiger partial charge in [0.05, 0.1) is 0 Å². The second-order valence-electron chi connectivity index (χ2n) is 4.31. The molecule has 0 N–H and O–H groups in total. The van der Waals surface area contributed by atoms with Crippen LogP contribution in [0.3, 0.4) is 0 Å². The molecule has 1 aliphatic rings. The normalized spacial score (nSPS) is 22.8. The molecule has 3 rings (SSSR count). The molecule has 0 aromatic carbocycles. The molecule has 2 aromatic heterocycles. The van der Waals surface area contributed by atoms with E-state index in [1.165, 1.54) is 0 Å². The Morgan fingerprint density at radius 2 is 1.59 bits per heavy atom. The van der Waals surface area contributed by atoms with E-state index in [-0.39, 0.29) is 0 Å². The minimum atomic E-state index is 0.367. The molecule has 0 amide bonds. The van der Waals surface area contributed by atoms with Crippen molar-refractivity contribution in [3.05, 3.63) is 72.3 Å². The summed E-state index contributed by atoms with van der Waals surface area (Å²) in [5, 5.41) is 0. The minimum absolute atomic E-state index is 0.367. The Morgan fingerprint density at radius 1 is 0.882 bits per heavy atom. The third-order valence-electron chi connectivity index (χ3n) is 3.26. The van der Waals surface area contributed by atoms with Gasteiger partial charge in [-0.2, -0.15) is 0 Å². The van der Waals surface area contributed by atoms with Gasteiger partial charge in [-0.15, -0.1) is 0 Å². The van der Waals surface area contributed by atoms with Gasteiger partial charge in [0.2, 0.25) is 0 Å². The van der Waals surface area contributed by atoms with Crippen LogP contribution in [0.25, 0.3) is 0 Å². The molecule has 2 atom stereocenters. The van der Waals surface area contributed by atoms with E-state index in [0.717, 1.165) is 17.8 Å². The number of rotatable bonds is 2. The van der Waals surface area contributed by atoms with Crippen LogP contribution in [0.4, 0.5) is 0 Å². The van der Waals surface area contributed by atoms with E-state index in [1.807, 2.05) is 30.6 Å². The van der Waals surface area contributed by atoms with Crippen LogP contribution in [0.2, 0.25) is 0 Å². The van der Waals surface area contributed by atoms with E-state index in [1.54, 1.807) is 0 Å². The monoisotopic (exact) mass is 222 g/mol. The van der Waals surface area contributed by atoms with E-state index in [4.69, 9.17) is 0 Å². The first kappa shape index (κ1) is 10.2. The second-order valence-corrected chi connectivity index (χ2v) is 4.31. The Balaban J connectivity index is 1.93. The summed E-state index contributed by atoms with van der Waals surface area (Å²) in [5.41, 5.74) is 2.30. The highest BCUT2D eigenvalue weighted by atomic mass is 14.7. The molecular formula is C15H14N2. The molecule has 2 nitrogen and oxygen atoms in total. The molecule has 0 aliphatic heterocycles. The number of hydrogen-bond donors (Lipinski definition) is 0. The Hall–Kier alpha value is -1.96. The average Bonchev–Trinajstić information content (AvgIpc) is 2.90. The highest BCUT2D eigenvalue weighted by Gasteiger charge is 2.27. The molecule has 2 heterocycles. The van der Waals surface area contributed by atoms with Crippen LogP contribution >= 0.6 is 0 Å². The predicted octanol–water partition coefficient (Wildman–Crippen LogP) is 3.30. The number of hydrogen-bond acceptors (Lipinski definition) is 2. The lowest BCUT2D eigenvalue weighted by Crippen LogP contribution is -2.07. The van der Waals surface area contributed by atoms with Crippen LogP contribution < -0.4 is 0 Å². The highest BCUT2D eigenvalue weighted by molar-refractivity contribution is 5.29. The zero-order valence-electron chi connectivity index (χ0n) is 9.53. The van der Waals surface area contributed by atoms with E-state index in [9.17, 15) is 0 Å². The first-order valence-corrected chi connectivity index (χ1v) is 5.93. The molecule has 2 aromatic rings. The van der Waals surface area contributed by atoms with Crippen LogP contribution in [-0.2, 0) is 0 Å². The maximum Gasteiger partial charge on any atom is 0.0479 e. The van der Waals surface area contributed by atoms with E-state index in [2.05, 4.69) is 40.3 Å². The topological polar surface area (TPSA) is 25.8 Å².